The van der Waals surface area contributed by atoms with Gasteiger partial charge in [0.15, 0.2) is 5.65 Å². The van der Waals surface area contributed by atoms with E-state index in [2.05, 4.69) is 17.3 Å². The van der Waals surface area contributed by atoms with Gasteiger partial charge >= 0.3 is 0 Å². The minimum Gasteiger partial charge on any atom is -0.479 e. The lowest BCUT2D eigenvalue weighted by Crippen LogP contribution is -2.55. The van der Waals surface area contributed by atoms with E-state index in [-0.39, 0.29) is 5.91 Å². The minimum absolute atomic E-state index is 0.194. The summed E-state index contributed by atoms with van der Waals surface area (Å²) in [5.74, 6) is 4.10. The maximum absolute atomic E-state index is 12.8. The van der Waals surface area contributed by atoms with Gasteiger partial charge in [0.05, 0.1) is 12.5 Å². The van der Waals surface area contributed by atoms with E-state index >= 15 is 0 Å². The van der Waals surface area contributed by atoms with Crippen LogP contribution < -0.4 is 10.1 Å². The van der Waals surface area contributed by atoms with Crippen LogP contribution in [0, 0.1) is 37.5 Å². The summed E-state index contributed by atoms with van der Waals surface area (Å²) in [6.45, 7) is 4.11. The summed E-state index contributed by atoms with van der Waals surface area (Å²) >= 11 is 0. The van der Waals surface area contributed by atoms with Crippen molar-refractivity contribution in [2.45, 2.75) is 64.8 Å². The molecule has 0 spiro atoms. The molecule has 1 N–H and O–H groups in total. The molecule has 2 aromatic heterocycles. The van der Waals surface area contributed by atoms with E-state index < -0.39 is 0 Å². The van der Waals surface area contributed by atoms with E-state index in [1.54, 1.807) is 11.8 Å². The van der Waals surface area contributed by atoms with Crippen LogP contribution in [0.2, 0.25) is 0 Å². The first kappa shape index (κ1) is 18.9. The standard InChI is InChI=1S/C23H32N4O2/c1-12-18(13(2)24-22-20(12)23(29-4)26-27(22)3)5-6-19(28)25-21-16-8-14-7-15(10-16)11-17(21)9-14/h14-17,21H,5-11H2,1-4H3,(H,25,28). The zero-order valence-electron chi connectivity index (χ0n) is 18.0. The van der Waals surface area contributed by atoms with Gasteiger partial charge in [-0.2, -0.15) is 0 Å². The van der Waals surface area contributed by atoms with E-state index in [1.807, 2.05) is 14.0 Å². The lowest BCUT2D eigenvalue weighted by molar-refractivity contribution is -0.125. The molecule has 1 amide bonds. The number of nitrogens with zero attached hydrogens (tertiary/aromatic N) is 3. The average molecular weight is 397 g/mol. The lowest BCUT2D eigenvalue weighted by atomic mass is 9.54. The van der Waals surface area contributed by atoms with Crippen molar-refractivity contribution in [1.82, 2.24) is 20.1 Å². The molecule has 156 valence electrons. The molecule has 2 heterocycles. The molecule has 2 aromatic rings. The Hall–Kier alpha value is -2.11. The second-order valence-electron chi connectivity index (χ2n) is 9.66. The van der Waals surface area contributed by atoms with Gasteiger partial charge in [-0.25, -0.2) is 9.67 Å². The molecule has 4 bridgehead atoms. The molecule has 0 radical (unpaired) electrons. The van der Waals surface area contributed by atoms with Crippen LogP contribution in [0.3, 0.4) is 0 Å². The number of ether oxygens (including phenoxy) is 1. The molecule has 6 rings (SSSR count). The van der Waals surface area contributed by atoms with Crippen LogP contribution in [0.4, 0.5) is 0 Å². The van der Waals surface area contributed by atoms with Crippen molar-refractivity contribution in [3.8, 4) is 5.88 Å². The van der Waals surface area contributed by atoms with Crippen molar-refractivity contribution >= 4 is 16.9 Å². The van der Waals surface area contributed by atoms with E-state index in [1.165, 1.54) is 32.1 Å². The number of fused-ring (bicyclic) bond motifs is 1. The summed E-state index contributed by atoms with van der Waals surface area (Å²) in [4.78, 5) is 17.6. The fraction of sp³-hybridized carbons (Fsp3) is 0.696. The molecule has 29 heavy (non-hydrogen) atoms. The summed E-state index contributed by atoms with van der Waals surface area (Å²) in [5, 5.41) is 8.81. The molecule has 0 atom stereocenters. The maximum Gasteiger partial charge on any atom is 0.242 e. The van der Waals surface area contributed by atoms with E-state index in [0.717, 1.165) is 51.5 Å². The van der Waals surface area contributed by atoms with E-state index in [0.29, 0.717) is 24.8 Å². The third-order valence-corrected chi connectivity index (χ3v) is 7.87. The molecule has 6 nitrogen and oxygen atoms in total. The highest BCUT2D eigenvalue weighted by Gasteiger charge is 2.48. The van der Waals surface area contributed by atoms with E-state index in [4.69, 9.17) is 9.72 Å². The summed E-state index contributed by atoms with van der Waals surface area (Å²) in [7, 11) is 3.52. The van der Waals surface area contributed by atoms with Gasteiger partial charge in [-0.05, 0) is 87.2 Å². The molecule has 0 aromatic carbocycles. The number of carbonyl (C=O) groups is 1. The van der Waals surface area contributed by atoms with Crippen LogP contribution in [0.5, 0.6) is 5.88 Å². The molecule has 0 saturated heterocycles. The number of pyridine rings is 1. The Bertz CT molecular complexity index is 936. The third-order valence-electron chi connectivity index (χ3n) is 7.87. The number of carbonyl (C=O) groups excluding carboxylic acids is 1. The number of nitrogens with one attached hydrogen (secondary N) is 1. The minimum atomic E-state index is 0.194. The van der Waals surface area contributed by atoms with Crippen LogP contribution in [0.15, 0.2) is 0 Å². The topological polar surface area (TPSA) is 69.0 Å². The van der Waals surface area contributed by atoms with Gasteiger partial charge in [0.25, 0.3) is 0 Å². The number of hydrogen-bond acceptors (Lipinski definition) is 4. The van der Waals surface area contributed by atoms with Crippen LogP contribution in [-0.2, 0) is 18.3 Å². The number of aryl methyl sites for hydroxylation is 3. The molecule has 4 fully saturated rings. The van der Waals surface area contributed by atoms with E-state index in [9.17, 15) is 4.79 Å². The van der Waals surface area contributed by atoms with Gasteiger partial charge in [-0.3, -0.25) is 4.79 Å². The largest absolute Gasteiger partial charge is 0.479 e. The van der Waals surface area contributed by atoms with Crippen LogP contribution in [0.1, 0.15) is 55.3 Å². The average Bonchev–Trinajstić information content (AvgIpc) is 2.99. The smallest absolute Gasteiger partial charge is 0.242 e. The van der Waals surface area contributed by atoms with Crippen molar-refractivity contribution in [2.75, 3.05) is 7.11 Å². The van der Waals surface area contributed by atoms with Gasteiger partial charge in [-0.15, -0.1) is 5.10 Å². The number of amides is 1. The lowest BCUT2D eigenvalue weighted by Gasteiger charge is -2.54. The van der Waals surface area contributed by atoms with Crippen molar-refractivity contribution in [3.05, 3.63) is 16.8 Å². The first-order valence-electron chi connectivity index (χ1n) is 11.1. The summed E-state index contributed by atoms with van der Waals surface area (Å²) < 4.78 is 7.21. The molecule has 0 aliphatic heterocycles. The Balaban J connectivity index is 1.30. The zero-order valence-corrected chi connectivity index (χ0v) is 18.0. The van der Waals surface area contributed by atoms with Crippen LogP contribution >= 0.6 is 0 Å². The van der Waals surface area contributed by atoms with Crippen molar-refractivity contribution in [2.24, 2.45) is 30.7 Å². The Labute approximate surface area is 172 Å². The van der Waals surface area contributed by atoms with Gasteiger partial charge in [0.2, 0.25) is 11.8 Å². The van der Waals surface area contributed by atoms with Gasteiger partial charge in [-0.1, -0.05) is 0 Å². The SMILES string of the molecule is COc1nn(C)c2nc(C)c(CCC(=O)NC3C4CC5CC(C4)CC3C5)c(C)c12. The highest BCUT2D eigenvalue weighted by atomic mass is 16.5. The Kier molecular flexibility index (Phi) is 4.56. The van der Waals surface area contributed by atoms with Gasteiger partial charge in [0.1, 0.15) is 0 Å². The molecule has 4 aliphatic carbocycles. The van der Waals surface area contributed by atoms with Crippen molar-refractivity contribution < 1.29 is 9.53 Å². The predicted octanol–water partition coefficient (Wildman–Crippen LogP) is 3.47. The monoisotopic (exact) mass is 396 g/mol. The number of hydrogen-bond donors (Lipinski definition) is 1. The van der Waals surface area contributed by atoms with Crippen molar-refractivity contribution in [1.29, 1.82) is 0 Å². The summed E-state index contributed by atoms with van der Waals surface area (Å²) in [6, 6.07) is 0.413. The Morgan fingerprint density at radius 2 is 1.79 bits per heavy atom. The highest BCUT2D eigenvalue weighted by molar-refractivity contribution is 5.86. The van der Waals surface area contributed by atoms with Crippen molar-refractivity contribution in [3.63, 3.8) is 0 Å². The highest BCUT2D eigenvalue weighted by Crippen LogP contribution is 2.53. The van der Waals surface area contributed by atoms with Crippen LogP contribution in [0.25, 0.3) is 11.0 Å². The molecular weight excluding hydrogens is 364 g/mol. The predicted molar refractivity (Wildman–Crippen MR) is 112 cm³/mol. The number of methoxy groups -OCH3 is 1. The summed E-state index contributed by atoms with van der Waals surface area (Å²) in [5.41, 5.74) is 4.07. The second kappa shape index (κ2) is 6.99. The maximum atomic E-state index is 12.8. The Morgan fingerprint density at radius 1 is 1.14 bits per heavy atom. The molecule has 0 unspecified atom stereocenters. The molecule has 4 saturated carbocycles. The summed E-state index contributed by atoms with van der Waals surface area (Å²) in [6.07, 6.45) is 7.99. The van der Waals surface area contributed by atoms with Crippen LogP contribution in [-0.4, -0.2) is 33.8 Å². The number of rotatable bonds is 5. The third kappa shape index (κ3) is 3.11. The normalized spacial score (nSPS) is 30.1. The zero-order chi connectivity index (χ0) is 20.3. The fourth-order valence-electron chi connectivity index (χ4n) is 6.76. The quantitative estimate of drug-likeness (QED) is 0.840. The Morgan fingerprint density at radius 3 is 2.41 bits per heavy atom. The number of aromatic nitrogens is 3. The first-order valence-corrected chi connectivity index (χ1v) is 11.1. The molecular formula is C23H32N4O2. The molecule has 4 aliphatic rings. The van der Waals surface area contributed by atoms with Gasteiger partial charge in [0, 0.05) is 25.2 Å². The van der Waals surface area contributed by atoms with Gasteiger partial charge < -0.3 is 10.1 Å². The fourth-order valence-corrected chi connectivity index (χ4v) is 6.76. The second-order valence-corrected chi connectivity index (χ2v) is 9.66. The first-order chi connectivity index (χ1) is 13.9. The molecule has 6 heteroatoms.